The summed E-state index contributed by atoms with van der Waals surface area (Å²) in [5.41, 5.74) is 11.1. The molecule has 1 aromatic rings. The Morgan fingerprint density at radius 3 is 1.95 bits per heavy atom. The zero-order valence-electron chi connectivity index (χ0n) is 9.73. The Kier molecular flexibility index (Phi) is 6.08. The Labute approximate surface area is 119 Å². The summed E-state index contributed by atoms with van der Waals surface area (Å²) in [4.78, 5) is 24.3. The van der Waals surface area contributed by atoms with E-state index < -0.39 is 26.6 Å². The van der Waals surface area contributed by atoms with Crippen LogP contribution in [0.2, 0.25) is 0 Å². The van der Waals surface area contributed by atoms with Crippen molar-refractivity contribution in [2.45, 2.75) is 0 Å². The third-order valence-electron chi connectivity index (χ3n) is 2.20. The molecule has 0 saturated carbocycles. The van der Waals surface area contributed by atoms with Gasteiger partial charge in [-0.25, -0.2) is 0 Å². The summed E-state index contributed by atoms with van der Waals surface area (Å²) in [7, 11) is -4.66. The number of Topliss-reactive ketones (excluding diaryl/α,β-unsaturated/α-hetero) is 1. The molecule has 1 aromatic carbocycles. The lowest BCUT2D eigenvalue weighted by molar-refractivity contribution is 0.0989. The Balaban J connectivity index is 0.000000830. The van der Waals surface area contributed by atoms with Crippen LogP contribution in [0.4, 0.5) is 0 Å². The van der Waals surface area contributed by atoms with Crippen LogP contribution in [0.5, 0.6) is 0 Å². The van der Waals surface area contributed by atoms with E-state index in [1.54, 1.807) is 6.07 Å². The molecule has 10 heteroatoms. The average Bonchev–Trinajstić information content (AvgIpc) is 2.33. The minimum absolute atomic E-state index is 0. The van der Waals surface area contributed by atoms with Gasteiger partial charge >= 0.3 is 0 Å². The molecule has 0 aliphatic heterocycles. The molecule has 0 aromatic heterocycles. The maximum Gasteiger partial charge on any atom is 0.298 e. The number of fused-ring (bicyclic) bond motifs is 1. The van der Waals surface area contributed by atoms with Crippen molar-refractivity contribution in [3.8, 4) is 0 Å². The van der Waals surface area contributed by atoms with Crippen LogP contribution in [0.1, 0.15) is 20.7 Å². The molecule has 3 N–H and O–H groups in total. The van der Waals surface area contributed by atoms with Gasteiger partial charge in [-0.3, -0.25) is 14.1 Å². The van der Waals surface area contributed by atoms with Gasteiger partial charge in [0.2, 0.25) is 10.7 Å². The van der Waals surface area contributed by atoms with Gasteiger partial charge < -0.3 is 0 Å². The van der Waals surface area contributed by atoms with Gasteiger partial charge in [0.1, 0.15) is 16.0 Å². The number of hydrogen-bond acceptors (Lipinski definition) is 6. The van der Waals surface area contributed by atoms with Crippen molar-refractivity contribution in [1.82, 2.24) is 4.91 Å². The van der Waals surface area contributed by atoms with Crippen molar-refractivity contribution in [1.29, 1.82) is 11.1 Å². The van der Waals surface area contributed by atoms with Crippen LogP contribution in [0.3, 0.4) is 0 Å². The number of ketones is 2. The predicted molar refractivity (Wildman–Crippen MR) is 69.6 cm³/mol. The van der Waals surface area contributed by atoms with E-state index >= 15 is 0 Å². The van der Waals surface area contributed by atoms with Crippen molar-refractivity contribution < 1.29 is 22.6 Å². The number of carbonyl (C=O) groups is 2. The molecule has 0 spiro atoms. The second kappa shape index (κ2) is 6.83. The molecule has 0 unspecified atom stereocenters. The zero-order valence-corrected chi connectivity index (χ0v) is 11.4. The molecule has 0 atom stereocenters. The van der Waals surface area contributed by atoms with E-state index in [9.17, 15) is 18.0 Å². The lowest BCUT2D eigenvalue weighted by atomic mass is 9.95. The fraction of sp³-hybridized carbons (Fsp3) is 0. The molecule has 106 valence electrons. The van der Waals surface area contributed by atoms with Gasteiger partial charge in [0.25, 0.3) is 10.1 Å². The molecule has 1 aliphatic carbocycles. The smallest absolute Gasteiger partial charge is 0.289 e. The van der Waals surface area contributed by atoms with Crippen LogP contribution in [0.15, 0.2) is 35.2 Å². The molecular weight excluding hydrogens is 310 g/mol. The van der Waals surface area contributed by atoms with Crippen molar-refractivity contribution in [2.24, 2.45) is 0 Å². The van der Waals surface area contributed by atoms with Gasteiger partial charge in [0, 0.05) is 17.2 Å². The van der Waals surface area contributed by atoms with E-state index in [4.69, 9.17) is 15.6 Å². The summed E-state index contributed by atoms with van der Waals surface area (Å²) in [5, 5.41) is 0. The topological polar surface area (TPSA) is 150 Å². The van der Waals surface area contributed by atoms with E-state index in [0.29, 0.717) is 6.08 Å². The predicted octanol–water partition coefficient (Wildman–Crippen LogP) is 1.37. The van der Waals surface area contributed by atoms with Gasteiger partial charge in [-0.05, 0) is 0 Å². The normalized spacial score (nSPS) is 12.9. The second-order valence-corrected chi connectivity index (χ2v) is 4.72. The summed E-state index contributed by atoms with van der Waals surface area (Å²) in [6, 6.07) is 5.84. The monoisotopic (exact) mass is 318 g/mol. The molecule has 2 rings (SSSR count). The van der Waals surface area contributed by atoms with Crippen LogP contribution < -0.4 is 4.91 Å². The molecule has 20 heavy (non-hydrogen) atoms. The Hall–Kier alpha value is -2.19. The SMILES string of the molecule is Cl.N=[N+]=N.O=C1C=C(S(=O)(=O)O)C(=O)c2ccccc21. The number of rotatable bonds is 1. The second-order valence-electron chi connectivity index (χ2n) is 3.33. The van der Waals surface area contributed by atoms with E-state index in [0.717, 1.165) is 0 Å². The van der Waals surface area contributed by atoms with Crippen molar-refractivity contribution in [2.75, 3.05) is 0 Å². The highest BCUT2D eigenvalue weighted by molar-refractivity contribution is 7.91. The fourth-order valence-electron chi connectivity index (χ4n) is 1.48. The Morgan fingerprint density at radius 2 is 1.50 bits per heavy atom. The molecule has 0 radical (unpaired) electrons. The van der Waals surface area contributed by atoms with Gasteiger partial charge in [-0.15, -0.1) is 12.4 Å². The first-order valence-corrected chi connectivity index (χ1v) is 6.17. The van der Waals surface area contributed by atoms with Gasteiger partial charge in [-0.1, -0.05) is 24.3 Å². The molecule has 8 nitrogen and oxygen atoms in total. The molecule has 0 fully saturated rings. The Bertz CT molecular complexity index is 720. The van der Waals surface area contributed by atoms with Crippen molar-refractivity contribution >= 4 is 34.1 Å². The van der Waals surface area contributed by atoms with Crippen LogP contribution in [0.25, 0.3) is 0 Å². The highest BCUT2D eigenvalue weighted by Crippen LogP contribution is 2.23. The standard InChI is InChI=1S/C10H6O5S.ClH.H2N3/c11-8-5-9(16(13,14)15)10(12)7-4-2-1-3-6(7)8;;1-3-2/h1-5H,(H,13,14,15);1H;1-2H/q;;+1. The molecular formula is C10H9ClN3O5S+. The third kappa shape index (κ3) is 3.65. The molecule has 0 saturated heterocycles. The number of benzene rings is 1. The first-order valence-electron chi connectivity index (χ1n) is 4.73. The summed E-state index contributed by atoms with van der Waals surface area (Å²) < 4.78 is 30.5. The third-order valence-corrected chi connectivity index (χ3v) is 3.06. The molecule has 1 aliphatic rings. The highest BCUT2D eigenvalue weighted by atomic mass is 35.5. The summed E-state index contributed by atoms with van der Waals surface area (Å²) in [5.74, 6) is -1.47. The van der Waals surface area contributed by atoms with Crippen LogP contribution in [-0.4, -0.2) is 24.5 Å². The minimum atomic E-state index is -4.66. The lowest BCUT2D eigenvalue weighted by Gasteiger charge is -2.12. The molecule has 0 amide bonds. The van der Waals surface area contributed by atoms with Gasteiger partial charge in [0.05, 0.1) is 0 Å². The molecule has 0 heterocycles. The quantitative estimate of drug-likeness (QED) is 0.406. The van der Waals surface area contributed by atoms with Crippen molar-refractivity contribution in [3.05, 3.63) is 46.4 Å². The van der Waals surface area contributed by atoms with E-state index in [1.165, 1.54) is 18.2 Å². The Morgan fingerprint density at radius 1 is 1.05 bits per heavy atom. The largest absolute Gasteiger partial charge is 0.298 e. The van der Waals surface area contributed by atoms with Crippen LogP contribution in [-0.2, 0) is 10.1 Å². The average molecular weight is 319 g/mol. The first kappa shape index (κ1) is 17.8. The van der Waals surface area contributed by atoms with Gasteiger partial charge in [0.15, 0.2) is 5.78 Å². The fourth-order valence-corrected chi connectivity index (χ4v) is 2.08. The highest BCUT2D eigenvalue weighted by Gasteiger charge is 2.31. The molecule has 0 bridgehead atoms. The number of hydrogen-bond donors (Lipinski definition) is 3. The van der Waals surface area contributed by atoms with E-state index in [2.05, 4.69) is 0 Å². The summed E-state index contributed by atoms with van der Waals surface area (Å²) >= 11 is 0. The minimum Gasteiger partial charge on any atom is -0.289 e. The number of nitrogens with one attached hydrogen (secondary N) is 2. The summed E-state index contributed by atoms with van der Waals surface area (Å²) in [6.07, 6.45) is 0.639. The number of carbonyl (C=O) groups excluding carboxylic acids is 2. The number of nitrogens with zero attached hydrogens (tertiary/aromatic N) is 1. The number of halogens is 1. The van der Waals surface area contributed by atoms with E-state index in [-0.39, 0.29) is 23.5 Å². The first-order chi connectivity index (χ1) is 8.82. The van der Waals surface area contributed by atoms with Crippen molar-refractivity contribution in [3.63, 3.8) is 0 Å². The van der Waals surface area contributed by atoms with Crippen LogP contribution >= 0.6 is 12.4 Å². The maximum atomic E-state index is 11.6. The van der Waals surface area contributed by atoms with Crippen LogP contribution in [0, 0.1) is 11.1 Å². The van der Waals surface area contributed by atoms with E-state index in [1.807, 2.05) is 4.91 Å². The number of allylic oxidation sites excluding steroid dienone is 2. The summed E-state index contributed by atoms with van der Waals surface area (Å²) in [6.45, 7) is 0. The maximum absolute atomic E-state index is 11.6. The zero-order chi connectivity index (χ0) is 14.6. The van der Waals surface area contributed by atoms with Gasteiger partial charge in [-0.2, -0.15) is 8.42 Å². The lowest BCUT2D eigenvalue weighted by Crippen LogP contribution is -2.21.